The average molecular weight is 273 g/mol. The van der Waals surface area contributed by atoms with Crippen molar-refractivity contribution in [3.05, 3.63) is 48.2 Å². The molecule has 0 saturated heterocycles. The van der Waals surface area contributed by atoms with E-state index in [9.17, 15) is 0 Å². The van der Waals surface area contributed by atoms with E-state index in [0.29, 0.717) is 0 Å². The SMILES string of the molecule is CCCNCc1ccncc1N(CC)Cc1ccco1. The molecule has 2 aromatic rings. The molecule has 0 radical (unpaired) electrons. The second-order valence-electron chi connectivity index (χ2n) is 4.77. The van der Waals surface area contributed by atoms with Crippen LogP contribution in [0.25, 0.3) is 0 Å². The van der Waals surface area contributed by atoms with E-state index in [2.05, 4.69) is 35.1 Å². The quantitative estimate of drug-likeness (QED) is 0.750. The minimum atomic E-state index is 0.774. The standard InChI is InChI=1S/C16H23N3O/c1-3-8-17-11-14-7-9-18-12-16(14)19(4-2)13-15-6-5-10-20-15/h5-7,9-10,12,17H,3-4,8,11,13H2,1-2H3. The molecule has 0 aromatic carbocycles. The monoisotopic (exact) mass is 273 g/mol. The van der Waals surface area contributed by atoms with Crippen molar-refractivity contribution < 1.29 is 4.42 Å². The smallest absolute Gasteiger partial charge is 0.123 e. The van der Waals surface area contributed by atoms with Crippen LogP contribution in [0.2, 0.25) is 0 Å². The summed E-state index contributed by atoms with van der Waals surface area (Å²) in [5.74, 6) is 0.975. The van der Waals surface area contributed by atoms with Gasteiger partial charge in [-0.2, -0.15) is 0 Å². The maximum atomic E-state index is 5.45. The second-order valence-corrected chi connectivity index (χ2v) is 4.77. The fourth-order valence-corrected chi connectivity index (χ4v) is 2.21. The highest BCUT2D eigenvalue weighted by molar-refractivity contribution is 5.51. The third-order valence-corrected chi connectivity index (χ3v) is 3.28. The van der Waals surface area contributed by atoms with Crippen molar-refractivity contribution in [2.75, 3.05) is 18.0 Å². The fraction of sp³-hybridized carbons (Fsp3) is 0.438. The summed E-state index contributed by atoms with van der Waals surface area (Å²) in [6, 6.07) is 6.02. The summed E-state index contributed by atoms with van der Waals surface area (Å²) in [7, 11) is 0. The fourth-order valence-electron chi connectivity index (χ4n) is 2.21. The number of nitrogens with zero attached hydrogens (tertiary/aromatic N) is 2. The molecule has 0 fully saturated rings. The number of aromatic nitrogens is 1. The highest BCUT2D eigenvalue weighted by Crippen LogP contribution is 2.21. The Kier molecular flexibility index (Phi) is 5.62. The van der Waals surface area contributed by atoms with Gasteiger partial charge in [-0.05, 0) is 43.7 Å². The zero-order chi connectivity index (χ0) is 14.2. The van der Waals surface area contributed by atoms with Crippen LogP contribution in [0.15, 0.2) is 41.3 Å². The van der Waals surface area contributed by atoms with Gasteiger partial charge < -0.3 is 14.6 Å². The Hall–Kier alpha value is -1.81. The molecule has 0 unspecified atom stereocenters. The molecule has 0 spiro atoms. The highest BCUT2D eigenvalue weighted by atomic mass is 16.3. The molecule has 2 aromatic heterocycles. The Balaban J connectivity index is 2.11. The molecule has 2 heterocycles. The molecule has 0 aliphatic carbocycles. The molecule has 2 rings (SSSR count). The zero-order valence-electron chi connectivity index (χ0n) is 12.3. The molecule has 4 nitrogen and oxygen atoms in total. The lowest BCUT2D eigenvalue weighted by Gasteiger charge is -2.24. The van der Waals surface area contributed by atoms with Crippen LogP contribution in [0, 0.1) is 0 Å². The van der Waals surface area contributed by atoms with Gasteiger partial charge in [0, 0.05) is 19.3 Å². The molecular weight excluding hydrogens is 250 g/mol. The van der Waals surface area contributed by atoms with Gasteiger partial charge >= 0.3 is 0 Å². The van der Waals surface area contributed by atoms with Crippen LogP contribution in [0.4, 0.5) is 5.69 Å². The van der Waals surface area contributed by atoms with Crippen molar-refractivity contribution >= 4 is 5.69 Å². The van der Waals surface area contributed by atoms with Crippen molar-refractivity contribution in [2.45, 2.75) is 33.4 Å². The maximum absolute atomic E-state index is 5.45. The zero-order valence-corrected chi connectivity index (χ0v) is 12.3. The van der Waals surface area contributed by atoms with Crippen LogP contribution in [-0.2, 0) is 13.1 Å². The normalized spacial score (nSPS) is 10.7. The van der Waals surface area contributed by atoms with Gasteiger partial charge in [0.2, 0.25) is 0 Å². The van der Waals surface area contributed by atoms with E-state index < -0.39 is 0 Å². The van der Waals surface area contributed by atoms with E-state index in [1.165, 1.54) is 11.3 Å². The van der Waals surface area contributed by atoms with Crippen LogP contribution < -0.4 is 10.2 Å². The van der Waals surface area contributed by atoms with E-state index in [-0.39, 0.29) is 0 Å². The molecule has 1 N–H and O–H groups in total. The topological polar surface area (TPSA) is 41.3 Å². The molecule has 0 bridgehead atoms. The Morgan fingerprint density at radius 3 is 2.90 bits per heavy atom. The summed E-state index contributed by atoms with van der Waals surface area (Å²) < 4.78 is 5.45. The Morgan fingerprint density at radius 2 is 2.20 bits per heavy atom. The van der Waals surface area contributed by atoms with Crippen LogP contribution in [0.3, 0.4) is 0 Å². The number of hydrogen-bond acceptors (Lipinski definition) is 4. The summed E-state index contributed by atoms with van der Waals surface area (Å²) in [4.78, 5) is 6.56. The first-order valence-electron chi connectivity index (χ1n) is 7.26. The second kappa shape index (κ2) is 7.70. The third-order valence-electron chi connectivity index (χ3n) is 3.28. The number of pyridine rings is 1. The minimum absolute atomic E-state index is 0.774. The maximum Gasteiger partial charge on any atom is 0.123 e. The highest BCUT2D eigenvalue weighted by Gasteiger charge is 2.11. The number of furan rings is 1. The summed E-state index contributed by atoms with van der Waals surface area (Å²) in [5.41, 5.74) is 2.46. The lowest BCUT2D eigenvalue weighted by molar-refractivity contribution is 0.503. The number of rotatable bonds is 8. The Morgan fingerprint density at radius 1 is 1.30 bits per heavy atom. The van der Waals surface area contributed by atoms with Crippen LogP contribution in [0.1, 0.15) is 31.6 Å². The summed E-state index contributed by atoms with van der Waals surface area (Å²) in [5, 5.41) is 3.45. The van der Waals surface area contributed by atoms with Crippen molar-refractivity contribution in [2.24, 2.45) is 0 Å². The Labute approximate surface area is 120 Å². The van der Waals surface area contributed by atoms with Crippen LogP contribution in [-0.4, -0.2) is 18.1 Å². The largest absolute Gasteiger partial charge is 0.467 e. The summed E-state index contributed by atoms with van der Waals surface area (Å²) in [6.45, 7) is 7.93. The van der Waals surface area contributed by atoms with Crippen LogP contribution in [0.5, 0.6) is 0 Å². The van der Waals surface area contributed by atoms with Gasteiger partial charge in [0.05, 0.1) is 24.7 Å². The van der Waals surface area contributed by atoms with Gasteiger partial charge in [0.25, 0.3) is 0 Å². The number of nitrogens with one attached hydrogen (secondary N) is 1. The molecule has 108 valence electrons. The first-order valence-corrected chi connectivity index (χ1v) is 7.26. The van der Waals surface area contributed by atoms with Gasteiger partial charge in [0.1, 0.15) is 5.76 Å². The van der Waals surface area contributed by atoms with Gasteiger partial charge in [0.15, 0.2) is 0 Å². The van der Waals surface area contributed by atoms with Crippen LogP contribution >= 0.6 is 0 Å². The predicted octanol–water partition coefficient (Wildman–Crippen LogP) is 3.20. The minimum Gasteiger partial charge on any atom is -0.467 e. The number of anilines is 1. The predicted molar refractivity (Wildman–Crippen MR) is 81.7 cm³/mol. The molecule has 0 saturated carbocycles. The third kappa shape index (κ3) is 3.84. The van der Waals surface area contributed by atoms with E-state index in [1.807, 2.05) is 24.5 Å². The van der Waals surface area contributed by atoms with Crippen molar-refractivity contribution in [1.29, 1.82) is 0 Å². The lowest BCUT2D eigenvalue weighted by Crippen LogP contribution is -2.25. The van der Waals surface area contributed by atoms with E-state index in [1.54, 1.807) is 6.26 Å². The van der Waals surface area contributed by atoms with E-state index in [0.717, 1.165) is 38.4 Å². The van der Waals surface area contributed by atoms with Gasteiger partial charge in [-0.25, -0.2) is 0 Å². The van der Waals surface area contributed by atoms with Crippen molar-refractivity contribution in [3.63, 3.8) is 0 Å². The van der Waals surface area contributed by atoms with Crippen molar-refractivity contribution in [1.82, 2.24) is 10.3 Å². The molecule has 0 amide bonds. The molecule has 4 heteroatoms. The van der Waals surface area contributed by atoms with Gasteiger partial charge in [-0.1, -0.05) is 6.92 Å². The van der Waals surface area contributed by atoms with Gasteiger partial charge in [-0.3, -0.25) is 4.98 Å². The summed E-state index contributed by atoms with van der Waals surface area (Å²) >= 11 is 0. The molecule has 0 atom stereocenters. The molecule has 0 aliphatic rings. The number of hydrogen-bond donors (Lipinski definition) is 1. The van der Waals surface area contributed by atoms with E-state index >= 15 is 0 Å². The Bertz CT molecular complexity index is 496. The van der Waals surface area contributed by atoms with E-state index in [4.69, 9.17) is 4.42 Å². The van der Waals surface area contributed by atoms with Crippen molar-refractivity contribution in [3.8, 4) is 0 Å². The first-order chi connectivity index (χ1) is 9.85. The molecular formula is C16H23N3O. The lowest BCUT2D eigenvalue weighted by atomic mass is 10.2. The molecule has 0 aliphatic heterocycles. The average Bonchev–Trinajstić information content (AvgIpc) is 2.99. The summed E-state index contributed by atoms with van der Waals surface area (Å²) in [6.07, 6.45) is 6.66. The molecule has 20 heavy (non-hydrogen) atoms. The van der Waals surface area contributed by atoms with Gasteiger partial charge in [-0.15, -0.1) is 0 Å². The first kappa shape index (κ1) is 14.6.